The summed E-state index contributed by atoms with van der Waals surface area (Å²) < 4.78 is 0. The second kappa shape index (κ2) is 6.97. The molecule has 110 valence electrons. The zero-order valence-electron chi connectivity index (χ0n) is 12.8. The highest BCUT2D eigenvalue weighted by atomic mass is 16.2. The third kappa shape index (κ3) is 3.88. The molecule has 0 bridgehead atoms. The van der Waals surface area contributed by atoms with Gasteiger partial charge in [0.1, 0.15) is 5.69 Å². The van der Waals surface area contributed by atoms with Crippen molar-refractivity contribution in [2.75, 3.05) is 7.05 Å². The fraction of sp³-hybridized carbons (Fsp3) is 0.353. The summed E-state index contributed by atoms with van der Waals surface area (Å²) in [5.41, 5.74) is 2.88. The third-order valence-electron chi connectivity index (χ3n) is 3.71. The zero-order chi connectivity index (χ0) is 15.2. The van der Waals surface area contributed by atoms with Crippen LogP contribution >= 0.6 is 0 Å². The van der Waals surface area contributed by atoms with Gasteiger partial charge in [-0.25, -0.2) is 4.98 Å². The zero-order valence-corrected chi connectivity index (χ0v) is 12.8. The van der Waals surface area contributed by atoms with Gasteiger partial charge < -0.3 is 4.90 Å². The molecular formula is C17H21N3O. The Morgan fingerprint density at radius 3 is 2.52 bits per heavy atom. The van der Waals surface area contributed by atoms with Gasteiger partial charge in [-0.3, -0.25) is 9.78 Å². The van der Waals surface area contributed by atoms with Crippen LogP contribution in [0.25, 0.3) is 0 Å². The van der Waals surface area contributed by atoms with Crippen molar-refractivity contribution in [3.63, 3.8) is 0 Å². The van der Waals surface area contributed by atoms with Crippen LogP contribution in [-0.4, -0.2) is 33.9 Å². The van der Waals surface area contributed by atoms with Gasteiger partial charge in [0.25, 0.3) is 5.91 Å². The van der Waals surface area contributed by atoms with Crippen molar-refractivity contribution < 1.29 is 4.79 Å². The van der Waals surface area contributed by atoms with E-state index in [1.807, 2.05) is 7.05 Å². The van der Waals surface area contributed by atoms with Crippen LogP contribution in [0.5, 0.6) is 0 Å². The molecule has 1 heterocycles. The van der Waals surface area contributed by atoms with Gasteiger partial charge in [-0.15, -0.1) is 0 Å². The van der Waals surface area contributed by atoms with Gasteiger partial charge >= 0.3 is 0 Å². The molecule has 0 unspecified atom stereocenters. The molecule has 0 aliphatic carbocycles. The molecule has 1 aromatic heterocycles. The standard InChI is InChI=1S/C17H21N3O/c1-4-15(11-14-7-5-13(2)6-8-14)20(3)17(21)16-12-18-9-10-19-16/h5-10,12,15H,4,11H2,1-3H3/t15-/m1/s1. The van der Waals surface area contributed by atoms with Crippen LogP contribution in [0.4, 0.5) is 0 Å². The molecule has 4 nitrogen and oxygen atoms in total. The lowest BCUT2D eigenvalue weighted by Gasteiger charge is -2.27. The fourth-order valence-electron chi connectivity index (χ4n) is 2.31. The minimum Gasteiger partial charge on any atom is -0.337 e. The molecule has 0 aliphatic heterocycles. The van der Waals surface area contributed by atoms with Crippen LogP contribution in [-0.2, 0) is 6.42 Å². The normalized spacial score (nSPS) is 12.0. The van der Waals surface area contributed by atoms with E-state index in [9.17, 15) is 4.79 Å². The Hall–Kier alpha value is -2.23. The summed E-state index contributed by atoms with van der Waals surface area (Å²) in [5, 5.41) is 0. The molecule has 1 aromatic carbocycles. The van der Waals surface area contributed by atoms with E-state index in [4.69, 9.17) is 0 Å². The monoisotopic (exact) mass is 283 g/mol. The van der Waals surface area contributed by atoms with Crippen LogP contribution in [0.3, 0.4) is 0 Å². The third-order valence-corrected chi connectivity index (χ3v) is 3.71. The Balaban J connectivity index is 2.09. The number of benzene rings is 1. The topological polar surface area (TPSA) is 46.1 Å². The Morgan fingerprint density at radius 1 is 1.24 bits per heavy atom. The second-order valence-electron chi connectivity index (χ2n) is 5.26. The van der Waals surface area contributed by atoms with E-state index < -0.39 is 0 Å². The van der Waals surface area contributed by atoms with Crippen molar-refractivity contribution in [2.24, 2.45) is 0 Å². The van der Waals surface area contributed by atoms with Gasteiger partial charge in [-0.2, -0.15) is 0 Å². The number of aryl methyl sites for hydroxylation is 1. The first kappa shape index (κ1) is 15.2. The molecule has 0 saturated heterocycles. The first-order valence-corrected chi connectivity index (χ1v) is 7.20. The van der Waals surface area contributed by atoms with Crippen LogP contribution in [0.1, 0.15) is 35.0 Å². The molecule has 0 aliphatic rings. The fourth-order valence-corrected chi connectivity index (χ4v) is 2.31. The predicted octanol–water partition coefficient (Wildman–Crippen LogP) is 2.88. The van der Waals surface area contributed by atoms with Crippen molar-refractivity contribution in [3.05, 3.63) is 59.7 Å². The highest BCUT2D eigenvalue weighted by Crippen LogP contribution is 2.14. The summed E-state index contributed by atoms with van der Waals surface area (Å²) in [6, 6.07) is 8.61. The maximum Gasteiger partial charge on any atom is 0.274 e. The summed E-state index contributed by atoms with van der Waals surface area (Å²) in [4.78, 5) is 22.2. The summed E-state index contributed by atoms with van der Waals surface area (Å²) in [6.07, 6.45) is 6.37. The van der Waals surface area contributed by atoms with Crippen molar-refractivity contribution in [2.45, 2.75) is 32.7 Å². The summed E-state index contributed by atoms with van der Waals surface area (Å²) >= 11 is 0. The number of hydrogen-bond donors (Lipinski definition) is 0. The molecule has 0 spiro atoms. The lowest BCUT2D eigenvalue weighted by molar-refractivity contribution is 0.0720. The van der Waals surface area contributed by atoms with Crippen LogP contribution in [0, 0.1) is 6.92 Å². The van der Waals surface area contributed by atoms with Gasteiger partial charge in [0, 0.05) is 25.5 Å². The predicted molar refractivity (Wildman–Crippen MR) is 83.1 cm³/mol. The maximum absolute atomic E-state index is 12.4. The highest BCUT2D eigenvalue weighted by Gasteiger charge is 2.21. The van der Waals surface area contributed by atoms with E-state index in [1.165, 1.54) is 17.3 Å². The number of hydrogen-bond acceptors (Lipinski definition) is 3. The van der Waals surface area contributed by atoms with Crippen LogP contribution in [0.2, 0.25) is 0 Å². The lowest BCUT2D eigenvalue weighted by atomic mass is 10.0. The number of rotatable bonds is 5. The van der Waals surface area contributed by atoms with Gasteiger partial charge in [0.2, 0.25) is 0 Å². The van der Waals surface area contributed by atoms with Crippen LogP contribution < -0.4 is 0 Å². The molecule has 0 saturated carbocycles. The van der Waals surface area contributed by atoms with Crippen molar-refractivity contribution in [1.82, 2.24) is 14.9 Å². The second-order valence-corrected chi connectivity index (χ2v) is 5.26. The average molecular weight is 283 g/mol. The Kier molecular flexibility index (Phi) is 5.04. The number of carbonyl (C=O) groups is 1. The van der Waals surface area contributed by atoms with Crippen molar-refractivity contribution >= 4 is 5.91 Å². The van der Waals surface area contributed by atoms with E-state index in [2.05, 4.69) is 48.1 Å². The largest absolute Gasteiger partial charge is 0.337 e. The first-order valence-electron chi connectivity index (χ1n) is 7.20. The molecular weight excluding hydrogens is 262 g/mol. The molecule has 1 amide bonds. The minimum absolute atomic E-state index is 0.0814. The first-order chi connectivity index (χ1) is 10.1. The number of aromatic nitrogens is 2. The Labute approximate surface area is 125 Å². The number of carbonyl (C=O) groups excluding carboxylic acids is 1. The van der Waals surface area contributed by atoms with E-state index in [0.717, 1.165) is 12.8 Å². The summed E-state index contributed by atoms with van der Waals surface area (Å²) in [5.74, 6) is -0.0814. The summed E-state index contributed by atoms with van der Waals surface area (Å²) in [7, 11) is 1.83. The van der Waals surface area contributed by atoms with E-state index in [-0.39, 0.29) is 11.9 Å². The van der Waals surface area contributed by atoms with Gasteiger partial charge in [0.15, 0.2) is 0 Å². The van der Waals surface area contributed by atoms with E-state index in [1.54, 1.807) is 17.3 Å². The van der Waals surface area contributed by atoms with Gasteiger partial charge in [0.05, 0.1) is 6.20 Å². The number of likely N-dealkylation sites (N-methyl/N-ethyl adjacent to an activating group) is 1. The van der Waals surface area contributed by atoms with Crippen molar-refractivity contribution in [3.8, 4) is 0 Å². The highest BCUT2D eigenvalue weighted by molar-refractivity contribution is 5.92. The molecule has 0 fully saturated rings. The number of amides is 1. The van der Waals surface area contributed by atoms with Crippen LogP contribution in [0.15, 0.2) is 42.9 Å². The SMILES string of the molecule is CC[C@H](Cc1ccc(C)cc1)N(C)C(=O)c1cnccn1. The van der Waals surface area contributed by atoms with E-state index in [0.29, 0.717) is 5.69 Å². The molecule has 0 radical (unpaired) electrons. The number of nitrogens with zero attached hydrogens (tertiary/aromatic N) is 3. The Bertz CT molecular complexity index is 581. The lowest BCUT2D eigenvalue weighted by Crippen LogP contribution is -2.38. The molecule has 0 N–H and O–H groups in total. The maximum atomic E-state index is 12.4. The quantitative estimate of drug-likeness (QED) is 0.847. The molecule has 4 heteroatoms. The van der Waals surface area contributed by atoms with Gasteiger partial charge in [-0.05, 0) is 25.3 Å². The smallest absolute Gasteiger partial charge is 0.274 e. The molecule has 21 heavy (non-hydrogen) atoms. The molecule has 1 atom stereocenters. The average Bonchev–Trinajstić information content (AvgIpc) is 2.54. The molecule has 2 aromatic rings. The van der Waals surface area contributed by atoms with Gasteiger partial charge in [-0.1, -0.05) is 36.8 Å². The Morgan fingerprint density at radius 2 is 1.95 bits per heavy atom. The van der Waals surface area contributed by atoms with E-state index >= 15 is 0 Å². The van der Waals surface area contributed by atoms with Crippen molar-refractivity contribution in [1.29, 1.82) is 0 Å². The molecule has 2 rings (SSSR count). The minimum atomic E-state index is -0.0814. The summed E-state index contributed by atoms with van der Waals surface area (Å²) in [6.45, 7) is 4.17.